The van der Waals surface area contributed by atoms with E-state index in [0.717, 1.165) is 58.2 Å². The molecule has 0 spiro atoms. The monoisotopic (exact) mass is 348 g/mol. The molecule has 2 rings (SSSR count). The van der Waals surface area contributed by atoms with Crippen LogP contribution in [-0.2, 0) is 11.2 Å². The normalized spacial score (nSPS) is 10.9. The van der Waals surface area contributed by atoms with Crippen molar-refractivity contribution in [3.05, 3.63) is 34.7 Å². The summed E-state index contributed by atoms with van der Waals surface area (Å²) in [4.78, 5) is 13.5. The molecule has 1 aromatic carbocycles. The number of ether oxygens (including phenoxy) is 1. The van der Waals surface area contributed by atoms with Crippen LogP contribution in [-0.4, -0.2) is 12.6 Å². The fourth-order valence-electron chi connectivity index (χ4n) is 2.78. The Morgan fingerprint density at radius 3 is 2.78 bits per heavy atom. The summed E-state index contributed by atoms with van der Waals surface area (Å²) in [6, 6.07) is 2.09. The molecule has 0 aliphatic carbocycles. The lowest BCUT2D eigenvalue weighted by Gasteiger charge is -2.16. The molecule has 0 bridgehead atoms. The lowest BCUT2D eigenvalue weighted by Crippen LogP contribution is -2.12. The van der Waals surface area contributed by atoms with Crippen LogP contribution < -0.4 is 0 Å². The van der Waals surface area contributed by atoms with Crippen molar-refractivity contribution in [2.45, 2.75) is 50.8 Å². The first-order valence-corrected chi connectivity index (χ1v) is 9.52. The number of thiophene rings is 1. The van der Waals surface area contributed by atoms with E-state index in [9.17, 15) is 4.79 Å². The summed E-state index contributed by atoms with van der Waals surface area (Å²) in [6.45, 7) is 8.51. The molecule has 0 saturated carbocycles. The molecule has 0 aliphatic heterocycles. The van der Waals surface area contributed by atoms with Crippen molar-refractivity contribution >= 4 is 46.1 Å². The number of esters is 1. The molecule has 0 unspecified atom stereocenters. The van der Waals surface area contributed by atoms with Gasteiger partial charge in [0.1, 0.15) is 0 Å². The minimum absolute atomic E-state index is 0.253. The first-order chi connectivity index (χ1) is 11.2. The second-order valence-corrected chi connectivity index (χ2v) is 6.94. The molecule has 1 heterocycles. The fourth-order valence-corrected chi connectivity index (χ4v) is 4.14. The highest BCUT2D eigenvalue weighted by molar-refractivity contribution is 7.80. The van der Waals surface area contributed by atoms with Crippen molar-refractivity contribution in [1.82, 2.24) is 0 Å². The Morgan fingerprint density at radius 1 is 1.35 bits per heavy atom. The van der Waals surface area contributed by atoms with Crippen LogP contribution in [0.25, 0.3) is 16.2 Å². The molecule has 124 valence electrons. The van der Waals surface area contributed by atoms with Crippen molar-refractivity contribution in [3.8, 4) is 0 Å². The molecule has 0 fully saturated rings. The molecule has 0 saturated heterocycles. The number of fused-ring (bicyclic) bond motifs is 1. The van der Waals surface area contributed by atoms with Gasteiger partial charge in [0.25, 0.3) is 0 Å². The lowest BCUT2D eigenvalue weighted by atomic mass is 9.93. The van der Waals surface area contributed by atoms with Gasteiger partial charge in [-0.1, -0.05) is 39.3 Å². The van der Waals surface area contributed by atoms with Gasteiger partial charge in [0.2, 0.25) is 0 Å². The first kappa shape index (κ1) is 18.1. The number of unbranched alkanes of at least 4 members (excludes halogenated alkanes) is 2. The summed E-state index contributed by atoms with van der Waals surface area (Å²) in [5, 5.41) is 3.19. The SMILES string of the molecule is C=Cc1c(C(=O)OCCC)c(CCCCC)c2ccsc2c1S. The third-order valence-corrected chi connectivity index (χ3v) is 5.46. The molecule has 2 nitrogen and oxygen atoms in total. The summed E-state index contributed by atoms with van der Waals surface area (Å²) in [6.07, 6.45) is 6.80. The van der Waals surface area contributed by atoms with Crippen molar-refractivity contribution in [1.29, 1.82) is 0 Å². The van der Waals surface area contributed by atoms with Crippen LogP contribution in [0.3, 0.4) is 0 Å². The van der Waals surface area contributed by atoms with E-state index in [1.807, 2.05) is 6.92 Å². The van der Waals surface area contributed by atoms with Crippen LogP contribution in [0.1, 0.15) is 61.0 Å². The molecule has 4 heteroatoms. The average molecular weight is 349 g/mol. The second-order valence-electron chi connectivity index (χ2n) is 5.58. The first-order valence-electron chi connectivity index (χ1n) is 8.20. The lowest BCUT2D eigenvalue weighted by molar-refractivity contribution is 0.0503. The zero-order valence-corrected chi connectivity index (χ0v) is 15.6. The van der Waals surface area contributed by atoms with Gasteiger partial charge < -0.3 is 4.74 Å². The van der Waals surface area contributed by atoms with Crippen LogP contribution in [0.4, 0.5) is 0 Å². The van der Waals surface area contributed by atoms with Gasteiger partial charge in [0.05, 0.1) is 12.2 Å². The molecule has 2 aromatic rings. The Labute approximate surface area is 148 Å². The van der Waals surface area contributed by atoms with Crippen molar-refractivity contribution in [2.24, 2.45) is 0 Å². The molecule has 0 amide bonds. The van der Waals surface area contributed by atoms with Crippen LogP contribution in [0.5, 0.6) is 0 Å². The molecule has 0 atom stereocenters. The maximum absolute atomic E-state index is 12.7. The highest BCUT2D eigenvalue weighted by Crippen LogP contribution is 2.38. The Kier molecular flexibility index (Phi) is 6.72. The van der Waals surface area contributed by atoms with Gasteiger partial charge in [-0.05, 0) is 41.7 Å². The molecular weight excluding hydrogens is 324 g/mol. The molecule has 0 radical (unpaired) electrons. The van der Waals surface area contributed by atoms with E-state index < -0.39 is 0 Å². The highest BCUT2D eigenvalue weighted by Gasteiger charge is 2.22. The quantitative estimate of drug-likeness (QED) is 0.353. The van der Waals surface area contributed by atoms with Crippen molar-refractivity contribution in [2.75, 3.05) is 6.61 Å². The predicted molar refractivity (Wildman–Crippen MR) is 103 cm³/mol. The van der Waals surface area contributed by atoms with Crippen LogP contribution >= 0.6 is 24.0 Å². The number of hydrogen-bond acceptors (Lipinski definition) is 4. The number of hydrogen-bond donors (Lipinski definition) is 1. The summed E-state index contributed by atoms with van der Waals surface area (Å²) in [7, 11) is 0. The second kappa shape index (κ2) is 8.55. The van der Waals surface area contributed by atoms with Gasteiger partial charge in [0, 0.05) is 15.2 Å². The number of carbonyl (C=O) groups excluding carboxylic acids is 1. The minimum atomic E-state index is -0.253. The van der Waals surface area contributed by atoms with Gasteiger partial charge >= 0.3 is 5.97 Å². The van der Waals surface area contributed by atoms with Gasteiger partial charge in [-0.3, -0.25) is 0 Å². The van der Waals surface area contributed by atoms with Crippen molar-refractivity contribution in [3.63, 3.8) is 0 Å². The molecular formula is C19H24O2S2. The highest BCUT2D eigenvalue weighted by atomic mass is 32.1. The Balaban J connectivity index is 2.60. The maximum atomic E-state index is 12.7. The molecule has 0 aliphatic rings. The minimum Gasteiger partial charge on any atom is -0.462 e. The van der Waals surface area contributed by atoms with Crippen LogP contribution in [0, 0.1) is 0 Å². The number of thiol groups is 1. The summed E-state index contributed by atoms with van der Waals surface area (Å²) in [5.74, 6) is -0.253. The maximum Gasteiger partial charge on any atom is 0.339 e. The number of carbonyl (C=O) groups is 1. The van der Waals surface area contributed by atoms with Crippen molar-refractivity contribution < 1.29 is 9.53 Å². The standard InChI is InChI=1S/C19H24O2S2/c1-4-7-8-9-14-15-10-12-23-18(15)17(22)13(6-3)16(14)19(20)21-11-5-2/h6,10,12,22H,3-5,7-9,11H2,1-2H3. The average Bonchev–Trinajstić information content (AvgIpc) is 3.04. The zero-order valence-electron chi connectivity index (χ0n) is 13.9. The topological polar surface area (TPSA) is 26.3 Å². The Morgan fingerprint density at radius 2 is 2.13 bits per heavy atom. The number of aryl methyl sites for hydroxylation is 1. The van der Waals surface area contributed by atoms with Gasteiger partial charge in [0.15, 0.2) is 0 Å². The van der Waals surface area contributed by atoms with E-state index in [2.05, 4.69) is 37.6 Å². The van der Waals surface area contributed by atoms with E-state index >= 15 is 0 Å². The molecule has 1 aromatic heterocycles. The molecule has 23 heavy (non-hydrogen) atoms. The number of rotatable bonds is 8. The van der Waals surface area contributed by atoms with Crippen LogP contribution in [0.15, 0.2) is 22.9 Å². The Bertz CT molecular complexity index is 701. The Hall–Kier alpha value is -1.26. The van der Waals surface area contributed by atoms with Gasteiger partial charge in [-0.25, -0.2) is 4.79 Å². The smallest absolute Gasteiger partial charge is 0.339 e. The number of benzene rings is 1. The van der Waals surface area contributed by atoms with Crippen LogP contribution in [0.2, 0.25) is 0 Å². The molecule has 0 N–H and O–H groups in total. The van der Waals surface area contributed by atoms with E-state index in [-0.39, 0.29) is 5.97 Å². The fraction of sp³-hybridized carbons (Fsp3) is 0.421. The summed E-state index contributed by atoms with van der Waals surface area (Å²) < 4.78 is 6.56. The van der Waals surface area contributed by atoms with E-state index in [1.54, 1.807) is 17.4 Å². The van der Waals surface area contributed by atoms with E-state index in [1.165, 1.54) is 0 Å². The van der Waals surface area contributed by atoms with E-state index in [0.29, 0.717) is 12.2 Å². The largest absolute Gasteiger partial charge is 0.462 e. The summed E-state index contributed by atoms with van der Waals surface area (Å²) in [5.41, 5.74) is 2.54. The third kappa shape index (κ3) is 3.81. The van der Waals surface area contributed by atoms with E-state index in [4.69, 9.17) is 4.74 Å². The van der Waals surface area contributed by atoms with Gasteiger partial charge in [-0.2, -0.15) is 0 Å². The van der Waals surface area contributed by atoms with Gasteiger partial charge in [-0.15, -0.1) is 24.0 Å². The predicted octanol–water partition coefficient (Wildman–Crippen LogP) is 6.13. The zero-order chi connectivity index (χ0) is 16.8. The third-order valence-electron chi connectivity index (χ3n) is 3.91. The summed E-state index contributed by atoms with van der Waals surface area (Å²) >= 11 is 6.31.